The second-order valence-corrected chi connectivity index (χ2v) is 3.76. The van der Waals surface area contributed by atoms with Crippen LogP contribution in [0, 0.1) is 0 Å². The lowest BCUT2D eigenvalue weighted by molar-refractivity contribution is -0.118. The molecular formula is C12H18N2O. The lowest BCUT2D eigenvalue weighted by Crippen LogP contribution is -2.26. The van der Waals surface area contributed by atoms with Crippen LogP contribution in [-0.2, 0) is 11.2 Å². The first kappa shape index (κ1) is 11.7. The van der Waals surface area contributed by atoms with Crippen molar-refractivity contribution in [1.82, 2.24) is 4.90 Å². The first-order valence-corrected chi connectivity index (χ1v) is 5.19. The molecule has 0 aliphatic rings. The van der Waals surface area contributed by atoms with E-state index in [2.05, 4.69) is 17.0 Å². The van der Waals surface area contributed by atoms with Crippen molar-refractivity contribution in [2.75, 3.05) is 20.1 Å². The number of hydrogen-bond donors (Lipinski definition) is 1. The zero-order valence-electron chi connectivity index (χ0n) is 9.15. The van der Waals surface area contributed by atoms with Crippen molar-refractivity contribution < 1.29 is 4.79 Å². The van der Waals surface area contributed by atoms with Crippen LogP contribution in [0.1, 0.15) is 12.0 Å². The fourth-order valence-corrected chi connectivity index (χ4v) is 1.38. The van der Waals surface area contributed by atoms with E-state index >= 15 is 0 Å². The number of rotatable bonds is 6. The average Bonchev–Trinajstić information content (AvgIpc) is 2.25. The SMILES string of the molecule is CN(CCC(N)=O)CCc1ccccc1. The van der Waals surface area contributed by atoms with Crippen LogP contribution in [0.25, 0.3) is 0 Å². The second-order valence-electron chi connectivity index (χ2n) is 3.76. The highest BCUT2D eigenvalue weighted by molar-refractivity contribution is 5.73. The van der Waals surface area contributed by atoms with Crippen molar-refractivity contribution in [3.8, 4) is 0 Å². The van der Waals surface area contributed by atoms with Gasteiger partial charge in [0.25, 0.3) is 0 Å². The highest BCUT2D eigenvalue weighted by atomic mass is 16.1. The van der Waals surface area contributed by atoms with Crippen molar-refractivity contribution in [2.45, 2.75) is 12.8 Å². The summed E-state index contributed by atoms with van der Waals surface area (Å²) in [7, 11) is 2.01. The molecule has 0 bridgehead atoms. The van der Waals surface area contributed by atoms with Gasteiger partial charge in [0.05, 0.1) is 0 Å². The molecule has 0 saturated carbocycles. The summed E-state index contributed by atoms with van der Waals surface area (Å²) in [5.41, 5.74) is 6.41. The van der Waals surface area contributed by atoms with Crippen molar-refractivity contribution in [1.29, 1.82) is 0 Å². The summed E-state index contributed by atoms with van der Waals surface area (Å²) in [6.07, 6.45) is 1.45. The fourth-order valence-electron chi connectivity index (χ4n) is 1.38. The van der Waals surface area contributed by atoms with Gasteiger partial charge in [0.2, 0.25) is 5.91 Å². The number of likely N-dealkylation sites (N-methyl/N-ethyl adjacent to an activating group) is 1. The largest absolute Gasteiger partial charge is 0.370 e. The summed E-state index contributed by atoms with van der Waals surface area (Å²) in [6, 6.07) is 10.3. The molecule has 0 aliphatic heterocycles. The van der Waals surface area contributed by atoms with Crippen LogP contribution in [0.5, 0.6) is 0 Å². The minimum atomic E-state index is -0.235. The molecule has 0 radical (unpaired) electrons. The topological polar surface area (TPSA) is 46.3 Å². The molecule has 1 aromatic carbocycles. The van der Waals surface area contributed by atoms with Crippen LogP contribution in [-0.4, -0.2) is 30.9 Å². The lowest BCUT2D eigenvalue weighted by atomic mass is 10.1. The van der Waals surface area contributed by atoms with Gasteiger partial charge in [-0.1, -0.05) is 30.3 Å². The summed E-state index contributed by atoms with van der Waals surface area (Å²) in [6.45, 7) is 1.69. The van der Waals surface area contributed by atoms with Crippen LogP contribution >= 0.6 is 0 Å². The van der Waals surface area contributed by atoms with Crippen molar-refractivity contribution in [3.05, 3.63) is 35.9 Å². The highest BCUT2D eigenvalue weighted by Gasteiger charge is 2.01. The number of carbonyl (C=O) groups excluding carboxylic acids is 1. The summed E-state index contributed by atoms with van der Waals surface area (Å²) >= 11 is 0. The van der Waals surface area contributed by atoms with Crippen molar-refractivity contribution in [2.24, 2.45) is 5.73 Å². The Hall–Kier alpha value is -1.35. The zero-order valence-corrected chi connectivity index (χ0v) is 9.15. The number of nitrogens with zero attached hydrogens (tertiary/aromatic N) is 1. The Kier molecular flexibility index (Phi) is 4.84. The molecule has 0 atom stereocenters. The van der Waals surface area contributed by atoms with E-state index in [1.807, 2.05) is 25.2 Å². The zero-order chi connectivity index (χ0) is 11.1. The van der Waals surface area contributed by atoms with E-state index in [1.165, 1.54) is 5.56 Å². The molecule has 1 rings (SSSR count). The van der Waals surface area contributed by atoms with E-state index in [0.717, 1.165) is 19.5 Å². The minimum absolute atomic E-state index is 0.235. The molecule has 2 N–H and O–H groups in total. The third kappa shape index (κ3) is 5.18. The van der Waals surface area contributed by atoms with Gasteiger partial charge in [-0.2, -0.15) is 0 Å². The summed E-state index contributed by atoms with van der Waals surface area (Å²) in [5.74, 6) is -0.235. The molecule has 0 saturated heterocycles. The monoisotopic (exact) mass is 206 g/mol. The standard InChI is InChI=1S/C12H18N2O/c1-14(10-8-12(13)15)9-7-11-5-3-2-4-6-11/h2-6H,7-10H2,1H3,(H2,13,15). The van der Waals surface area contributed by atoms with Gasteiger partial charge in [0.1, 0.15) is 0 Å². The van der Waals surface area contributed by atoms with Gasteiger partial charge in [0.15, 0.2) is 0 Å². The Morgan fingerprint density at radius 1 is 1.27 bits per heavy atom. The number of primary amides is 1. The molecule has 3 nitrogen and oxygen atoms in total. The number of benzene rings is 1. The quantitative estimate of drug-likeness (QED) is 0.756. The van der Waals surface area contributed by atoms with Crippen LogP contribution in [0.4, 0.5) is 0 Å². The molecule has 0 spiro atoms. The molecule has 0 aliphatic carbocycles. The van der Waals surface area contributed by atoms with Crippen molar-refractivity contribution >= 4 is 5.91 Å². The van der Waals surface area contributed by atoms with E-state index < -0.39 is 0 Å². The Morgan fingerprint density at radius 2 is 1.93 bits per heavy atom. The van der Waals surface area contributed by atoms with Gasteiger partial charge in [-0.15, -0.1) is 0 Å². The van der Waals surface area contributed by atoms with E-state index in [0.29, 0.717) is 6.42 Å². The number of hydrogen-bond acceptors (Lipinski definition) is 2. The van der Waals surface area contributed by atoms with Gasteiger partial charge in [-0.05, 0) is 19.0 Å². The summed E-state index contributed by atoms with van der Waals surface area (Å²) in [5, 5.41) is 0. The van der Waals surface area contributed by atoms with E-state index in [4.69, 9.17) is 5.73 Å². The molecule has 0 fully saturated rings. The smallest absolute Gasteiger partial charge is 0.218 e. The summed E-state index contributed by atoms with van der Waals surface area (Å²) < 4.78 is 0. The van der Waals surface area contributed by atoms with Gasteiger partial charge in [-0.25, -0.2) is 0 Å². The maximum absolute atomic E-state index is 10.6. The highest BCUT2D eigenvalue weighted by Crippen LogP contribution is 2.00. The van der Waals surface area contributed by atoms with Crippen LogP contribution in [0.15, 0.2) is 30.3 Å². The van der Waals surface area contributed by atoms with Crippen LogP contribution in [0.2, 0.25) is 0 Å². The molecule has 3 heteroatoms. The van der Waals surface area contributed by atoms with Gasteiger partial charge >= 0.3 is 0 Å². The minimum Gasteiger partial charge on any atom is -0.370 e. The molecule has 0 unspecified atom stereocenters. The Labute approximate surface area is 90.9 Å². The normalized spacial score (nSPS) is 10.5. The number of carbonyl (C=O) groups is 1. The predicted molar refractivity (Wildman–Crippen MR) is 61.5 cm³/mol. The van der Waals surface area contributed by atoms with Crippen LogP contribution in [0.3, 0.4) is 0 Å². The average molecular weight is 206 g/mol. The number of nitrogens with two attached hydrogens (primary N) is 1. The maximum atomic E-state index is 10.6. The Balaban J connectivity index is 2.22. The maximum Gasteiger partial charge on any atom is 0.218 e. The second kappa shape index (κ2) is 6.19. The van der Waals surface area contributed by atoms with Crippen LogP contribution < -0.4 is 5.73 Å². The van der Waals surface area contributed by atoms with Crippen molar-refractivity contribution in [3.63, 3.8) is 0 Å². The lowest BCUT2D eigenvalue weighted by Gasteiger charge is -2.15. The third-order valence-corrected chi connectivity index (χ3v) is 2.36. The molecular weight excluding hydrogens is 188 g/mol. The molecule has 15 heavy (non-hydrogen) atoms. The van der Waals surface area contributed by atoms with Gasteiger partial charge in [0, 0.05) is 19.5 Å². The van der Waals surface area contributed by atoms with E-state index in [1.54, 1.807) is 0 Å². The fraction of sp³-hybridized carbons (Fsp3) is 0.417. The van der Waals surface area contributed by atoms with E-state index in [-0.39, 0.29) is 5.91 Å². The predicted octanol–water partition coefficient (Wildman–Crippen LogP) is 1.04. The first-order chi connectivity index (χ1) is 7.18. The Morgan fingerprint density at radius 3 is 2.53 bits per heavy atom. The number of amides is 1. The van der Waals surface area contributed by atoms with Gasteiger partial charge < -0.3 is 10.6 Å². The Bertz CT molecular complexity index is 298. The molecule has 1 amide bonds. The molecule has 82 valence electrons. The molecule has 0 aromatic heterocycles. The first-order valence-electron chi connectivity index (χ1n) is 5.19. The van der Waals surface area contributed by atoms with Gasteiger partial charge in [-0.3, -0.25) is 4.79 Å². The van der Waals surface area contributed by atoms with E-state index in [9.17, 15) is 4.79 Å². The summed E-state index contributed by atoms with van der Waals surface area (Å²) in [4.78, 5) is 12.7. The third-order valence-electron chi connectivity index (χ3n) is 2.36. The molecule has 1 aromatic rings. The molecule has 0 heterocycles.